The maximum absolute atomic E-state index is 12.9. The minimum atomic E-state index is -0.280. The topological polar surface area (TPSA) is 71.5 Å². The Hall–Kier alpha value is -2.40. The van der Waals surface area contributed by atoms with E-state index in [2.05, 4.69) is 16.4 Å². The highest BCUT2D eigenvalue weighted by Gasteiger charge is 2.36. The molecule has 0 radical (unpaired) electrons. The highest BCUT2D eigenvalue weighted by atomic mass is 16.5. The van der Waals surface area contributed by atoms with Crippen LogP contribution in [-0.4, -0.2) is 29.2 Å². The summed E-state index contributed by atoms with van der Waals surface area (Å²) in [6.07, 6.45) is 7.83. The summed E-state index contributed by atoms with van der Waals surface area (Å²) in [4.78, 5) is 17.1. The monoisotopic (exact) mass is 352 g/mol. The third-order valence-electron chi connectivity index (χ3n) is 5.60. The van der Waals surface area contributed by atoms with E-state index in [0.717, 1.165) is 18.4 Å². The quantitative estimate of drug-likeness (QED) is 0.868. The second kappa shape index (κ2) is 7.08. The number of rotatable bonds is 5. The van der Waals surface area contributed by atoms with Crippen molar-refractivity contribution < 1.29 is 14.6 Å². The molecular weight excluding hydrogens is 328 g/mol. The largest absolute Gasteiger partial charge is 0.495 e. The van der Waals surface area contributed by atoms with Crippen LogP contribution in [0, 0.1) is 5.92 Å². The lowest BCUT2D eigenvalue weighted by molar-refractivity contribution is 0.0234. The van der Waals surface area contributed by atoms with Crippen LogP contribution in [0.25, 0.3) is 0 Å². The summed E-state index contributed by atoms with van der Waals surface area (Å²) >= 11 is 0. The fraction of sp³-hybridized carbons (Fsp3) is 0.429. The summed E-state index contributed by atoms with van der Waals surface area (Å²) in [5, 5.41) is 12.9. The third-order valence-corrected chi connectivity index (χ3v) is 5.60. The predicted molar refractivity (Wildman–Crippen MR) is 98.2 cm³/mol. The first-order valence-electron chi connectivity index (χ1n) is 9.23. The van der Waals surface area contributed by atoms with Crippen LogP contribution in [0.3, 0.4) is 0 Å². The van der Waals surface area contributed by atoms with E-state index in [1.165, 1.54) is 17.5 Å². The van der Waals surface area contributed by atoms with Crippen LogP contribution in [-0.2, 0) is 12.8 Å². The Balaban J connectivity index is 1.57. The molecule has 26 heavy (non-hydrogen) atoms. The molecule has 1 aromatic carbocycles. The summed E-state index contributed by atoms with van der Waals surface area (Å²) in [5.41, 5.74) is 4.26. The first-order valence-corrected chi connectivity index (χ1v) is 9.23. The molecule has 1 unspecified atom stereocenters. The number of hydrogen-bond acceptors (Lipinski definition) is 4. The molecule has 0 spiro atoms. The minimum Gasteiger partial charge on any atom is -0.495 e. The average Bonchev–Trinajstić information content (AvgIpc) is 3.11. The van der Waals surface area contributed by atoms with Gasteiger partial charge in [-0.1, -0.05) is 6.07 Å². The molecule has 1 fully saturated rings. The van der Waals surface area contributed by atoms with Gasteiger partial charge in [0, 0.05) is 11.8 Å². The molecule has 0 bridgehead atoms. The van der Waals surface area contributed by atoms with Gasteiger partial charge in [-0.3, -0.25) is 9.78 Å². The zero-order valence-electron chi connectivity index (χ0n) is 14.9. The fourth-order valence-electron chi connectivity index (χ4n) is 4.03. The SMILES string of the molecule is COc1cncc(C(NC(=O)c2ccc3c(c2)CCC3)C2CC(O)C2)c1. The molecule has 2 aliphatic rings. The van der Waals surface area contributed by atoms with Crippen LogP contribution in [0.15, 0.2) is 36.7 Å². The Morgan fingerprint density at radius 3 is 2.81 bits per heavy atom. The van der Waals surface area contributed by atoms with Gasteiger partial charge in [-0.05, 0) is 72.9 Å². The van der Waals surface area contributed by atoms with Gasteiger partial charge in [-0.15, -0.1) is 0 Å². The van der Waals surface area contributed by atoms with Gasteiger partial charge >= 0.3 is 0 Å². The molecule has 5 heteroatoms. The molecule has 1 saturated carbocycles. The molecule has 1 amide bonds. The van der Waals surface area contributed by atoms with Crippen molar-refractivity contribution in [1.29, 1.82) is 0 Å². The molecule has 4 rings (SSSR count). The van der Waals surface area contributed by atoms with Crippen molar-refractivity contribution in [3.8, 4) is 5.75 Å². The number of benzene rings is 1. The number of aryl methyl sites for hydroxylation is 2. The number of fused-ring (bicyclic) bond motifs is 1. The molecule has 1 atom stereocenters. The summed E-state index contributed by atoms with van der Waals surface area (Å²) in [6.45, 7) is 0. The second-order valence-electron chi connectivity index (χ2n) is 7.33. The molecule has 5 nitrogen and oxygen atoms in total. The Kier molecular flexibility index (Phi) is 4.64. The Bertz CT molecular complexity index is 815. The van der Waals surface area contributed by atoms with Crippen molar-refractivity contribution in [2.45, 2.75) is 44.2 Å². The van der Waals surface area contributed by atoms with E-state index in [4.69, 9.17) is 4.74 Å². The van der Waals surface area contributed by atoms with E-state index in [1.807, 2.05) is 18.2 Å². The van der Waals surface area contributed by atoms with Gasteiger partial charge in [0.15, 0.2) is 0 Å². The van der Waals surface area contributed by atoms with Gasteiger partial charge in [0.2, 0.25) is 0 Å². The number of methoxy groups -OCH3 is 1. The first kappa shape index (κ1) is 17.0. The van der Waals surface area contributed by atoms with E-state index >= 15 is 0 Å². The number of carbonyl (C=O) groups excluding carboxylic acids is 1. The van der Waals surface area contributed by atoms with Gasteiger partial charge < -0.3 is 15.2 Å². The molecule has 0 aliphatic heterocycles. The van der Waals surface area contributed by atoms with Crippen LogP contribution in [0.1, 0.15) is 52.4 Å². The minimum absolute atomic E-state index is 0.0751. The highest BCUT2D eigenvalue weighted by molar-refractivity contribution is 5.94. The lowest BCUT2D eigenvalue weighted by Crippen LogP contribution is -2.41. The number of aliphatic hydroxyl groups is 1. The normalized spacial score (nSPS) is 22.2. The first-order chi connectivity index (χ1) is 12.6. The fourth-order valence-corrected chi connectivity index (χ4v) is 4.03. The molecular formula is C21H24N2O3. The Morgan fingerprint density at radius 2 is 2.04 bits per heavy atom. The van der Waals surface area contributed by atoms with Crippen LogP contribution < -0.4 is 10.1 Å². The van der Waals surface area contributed by atoms with Crippen LogP contribution in [0.2, 0.25) is 0 Å². The molecule has 1 heterocycles. The Labute approximate surface area is 153 Å². The zero-order chi connectivity index (χ0) is 18.1. The van der Waals surface area contributed by atoms with Gasteiger partial charge in [-0.25, -0.2) is 0 Å². The third kappa shape index (κ3) is 3.31. The Morgan fingerprint density at radius 1 is 1.23 bits per heavy atom. The average molecular weight is 352 g/mol. The van der Waals surface area contributed by atoms with Gasteiger partial charge in [0.1, 0.15) is 5.75 Å². The molecule has 2 aromatic rings. The highest BCUT2D eigenvalue weighted by Crippen LogP contribution is 2.38. The second-order valence-corrected chi connectivity index (χ2v) is 7.33. The van der Waals surface area contributed by atoms with E-state index in [-0.39, 0.29) is 24.0 Å². The summed E-state index contributed by atoms with van der Waals surface area (Å²) < 4.78 is 5.27. The molecule has 136 valence electrons. The molecule has 2 aliphatic carbocycles. The van der Waals surface area contributed by atoms with Crippen molar-refractivity contribution in [3.63, 3.8) is 0 Å². The number of ether oxygens (including phenoxy) is 1. The lowest BCUT2D eigenvalue weighted by Gasteiger charge is -2.38. The molecule has 2 N–H and O–H groups in total. The smallest absolute Gasteiger partial charge is 0.251 e. The van der Waals surface area contributed by atoms with Crippen molar-refractivity contribution in [3.05, 3.63) is 58.9 Å². The van der Waals surface area contributed by atoms with E-state index in [0.29, 0.717) is 24.2 Å². The molecule has 0 saturated heterocycles. The maximum Gasteiger partial charge on any atom is 0.251 e. The lowest BCUT2D eigenvalue weighted by atomic mass is 9.75. The van der Waals surface area contributed by atoms with E-state index < -0.39 is 0 Å². The van der Waals surface area contributed by atoms with E-state index in [9.17, 15) is 9.90 Å². The van der Waals surface area contributed by atoms with Crippen molar-refractivity contribution in [2.24, 2.45) is 5.92 Å². The number of nitrogens with one attached hydrogen (secondary N) is 1. The van der Waals surface area contributed by atoms with Crippen molar-refractivity contribution in [2.75, 3.05) is 7.11 Å². The number of carbonyl (C=O) groups is 1. The number of nitrogens with zero attached hydrogens (tertiary/aromatic N) is 1. The van der Waals surface area contributed by atoms with Gasteiger partial charge in [-0.2, -0.15) is 0 Å². The number of aromatic nitrogens is 1. The van der Waals surface area contributed by atoms with Crippen LogP contribution in [0.5, 0.6) is 5.75 Å². The number of hydrogen-bond donors (Lipinski definition) is 2. The summed E-state index contributed by atoms with van der Waals surface area (Å²) in [5.74, 6) is 0.797. The summed E-state index contributed by atoms with van der Waals surface area (Å²) in [6, 6.07) is 7.74. The maximum atomic E-state index is 12.9. The standard InChI is InChI=1S/C21H24N2O3/c1-26-19-10-17(11-22-12-19)20(16-8-18(24)9-16)23-21(25)15-6-5-13-3-2-4-14(13)7-15/h5-7,10-12,16,18,20,24H,2-4,8-9H2,1H3,(H,23,25). The van der Waals surface area contributed by atoms with E-state index in [1.54, 1.807) is 19.5 Å². The van der Waals surface area contributed by atoms with Crippen molar-refractivity contribution >= 4 is 5.91 Å². The van der Waals surface area contributed by atoms with Crippen molar-refractivity contribution in [1.82, 2.24) is 10.3 Å². The van der Waals surface area contributed by atoms with Gasteiger partial charge in [0.25, 0.3) is 5.91 Å². The number of aliphatic hydroxyl groups excluding tert-OH is 1. The number of pyridine rings is 1. The van der Waals surface area contributed by atoms with Gasteiger partial charge in [0.05, 0.1) is 25.5 Å². The zero-order valence-corrected chi connectivity index (χ0v) is 14.9. The number of amides is 1. The summed E-state index contributed by atoms with van der Waals surface area (Å²) in [7, 11) is 1.60. The van der Waals surface area contributed by atoms with Crippen LogP contribution in [0.4, 0.5) is 0 Å². The predicted octanol–water partition coefficient (Wildman–Crippen LogP) is 2.82. The molecule has 1 aromatic heterocycles. The van der Waals surface area contributed by atoms with Crippen LogP contribution >= 0.6 is 0 Å².